The van der Waals surface area contributed by atoms with Gasteiger partial charge in [0.25, 0.3) is 0 Å². The van der Waals surface area contributed by atoms with E-state index in [1.165, 1.54) is 0 Å². The fraction of sp³-hybridized carbons (Fsp3) is 1.00. The Hall–Kier alpha value is -0.680. The monoisotopic (exact) mass is 596 g/mol. The summed E-state index contributed by atoms with van der Waals surface area (Å²) in [7, 11) is 0. The first-order valence-corrected chi connectivity index (χ1v) is 14.1. The molecule has 1 unspecified atom stereocenters. The largest absolute Gasteiger partial charge is 0.394 e. The number of aliphatic hydroxyl groups excluding tert-OH is 5. The molecule has 3 aliphatic heterocycles. The third-order valence-corrected chi connectivity index (χ3v) is 8.42. The molecule has 0 aromatic rings. The van der Waals surface area contributed by atoms with Gasteiger partial charge in [-0.2, -0.15) is 0 Å². The Morgan fingerprint density at radius 3 is 1.98 bits per heavy atom. The number of hydrogen-bond acceptors (Lipinski definition) is 17. The van der Waals surface area contributed by atoms with Crippen LogP contribution in [0.4, 0.5) is 0 Å². The van der Waals surface area contributed by atoms with Crippen LogP contribution in [0.25, 0.3) is 0 Å². The van der Waals surface area contributed by atoms with E-state index in [0.717, 1.165) is 0 Å². The highest BCUT2D eigenvalue weighted by Crippen LogP contribution is 2.34. The number of rotatable bonds is 9. The van der Waals surface area contributed by atoms with Gasteiger partial charge in [-0.05, 0) is 26.2 Å². The maximum absolute atomic E-state index is 11.1. The molecular weight excluding hydrogens is 548 g/mol. The van der Waals surface area contributed by atoms with E-state index in [2.05, 4.69) is 0 Å². The van der Waals surface area contributed by atoms with Crippen molar-refractivity contribution in [2.75, 3.05) is 13.2 Å². The summed E-state index contributed by atoms with van der Waals surface area (Å²) >= 11 is 0. The van der Waals surface area contributed by atoms with Crippen molar-refractivity contribution in [3.8, 4) is 0 Å². The fourth-order valence-electron chi connectivity index (χ4n) is 5.83. The van der Waals surface area contributed by atoms with Crippen LogP contribution < -0.4 is 34.4 Å². The van der Waals surface area contributed by atoms with Crippen molar-refractivity contribution in [2.45, 2.75) is 136 Å². The van der Waals surface area contributed by atoms with Crippen molar-refractivity contribution in [1.29, 1.82) is 0 Å². The highest BCUT2D eigenvalue weighted by Gasteiger charge is 2.53. The van der Waals surface area contributed by atoms with E-state index in [1.807, 2.05) is 6.92 Å². The normalized spacial score (nSPS) is 52.0. The molecule has 0 aromatic heterocycles. The fourth-order valence-corrected chi connectivity index (χ4v) is 5.83. The molecule has 0 spiro atoms. The number of ether oxygens (including phenoxy) is 6. The lowest BCUT2D eigenvalue weighted by Crippen LogP contribution is -2.65. The molecule has 0 bridgehead atoms. The van der Waals surface area contributed by atoms with Crippen LogP contribution in [0.2, 0.25) is 0 Å². The quantitative estimate of drug-likeness (QED) is 0.118. The minimum absolute atomic E-state index is 0.134. The van der Waals surface area contributed by atoms with Gasteiger partial charge in [0.15, 0.2) is 18.9 Å². The van der Waals surface area contributed by atoms with Gasteiger partial charge in [-0.1, -0.05) is 0 Å². The highest BCUT2D eigenvalue weighted by atomic mass is 16.8. The van der Waals surface area contributed by atoms with Crippen LogP contribution in [0.15, 0.2) is 0 Å². The second-order valence-electron chi connectivity index (χ2n) is 11.6. The molecule has 41 heavy (non-hydrogen) atoms. The topological polar surface area (TPSA) is 313 Å². The predicted octanol–water partition coefficient (Wildman–Crippen LogP) is -6.45. The molecule has 0 aromatic carbocycles. The number of hydrogen-bond donors (Lipinski definition) is 11. The Bertz CT molecular complexity index is 835. The molecule has 4 aliphatic rings. The Morgan fingerprint density at radius 2 is 1.34 bits per heavy atom. The molecule has 3 heterocycles. The van der Waals surface area contributed by atoms with Crippen molar-refractivity contribution < 1.29 is 54.0 Å². The van der Waals surface area contributed by atoms with Crippen LogP contribution in [-0.2, 0) is 28.4 Å². The van der Waals surface area contributed by atoms with E-state index < -0.39 is 105 Å². The summed E-state index contributed by atoms with van der Waals surface area (Å²) in [4.78, 5) is 0. The van der Waals surface area contributed by atoms with Crippen molar-refractivity contribution in [1.82, 2.24) is 0 Å². The molecule has 1 saturated carbocycles. The molecule has 240 valence electrons. The molecule has 17 N–H and O–H groups in total. The molecule has 17 heteroatoms. The van der Waals surface area contributed by atoms with Gasteiger partial charge in [-0.15, -0.1) is 0 Å². The van der Waals surface area contributed by atoms with Gasteiger partial charge < -0.3 is 88.4 Å². The van der Waals surface area contributed by atoms with E-state index in [9.17, 15) is 25.5 Å². The van der Waals surface area contributed by atoms with E-state index in [4.69, 9.17) is 62.8 Å². The van der Waals surface area contributed by atoms with Gasteiger partial charge in [-0.3, -0.25) is 0 Å². The first-order chi connectivity index (χ1) is 19.4. The standard InChI is InChI=1S/C24H48N6O11/c1-7(26)11-3-2-8(27)22(36-11)39-19-10(29)4-9(28)15(32)21(19)41-24-18(35)20(13(6-31)38-24)40-23-14(30)17(34)16(33)12(5-25)37-23/h7-24,31-35H,2-6,25-30H2,1H3/t7-,8+,9+,10?,11-,12-,13+,14+,15-,16+,17+,18+,19+,20+,21+,22+,23+,24-/m0/s1. The molecule has 3 saturated heterocycles. The van der Waals surface area contributed by atoms with E-state index >= 15 is 0 Å². The van der Waals surface area contributed by atoms with Crippen molar-refractivity contribution in [3.05, 3.63) is 0 Å². The lowest BCUT2D eigenvalue weighted by molar-refractivity contribution is -0.290. The predicted molar refractivity (Wildman–Crippen MR) is 140 cm³/mol. The Morgan fingerprint density at radius 1 is 0.707 bits per heavy atom. The second-order valence-corrected chi connectivity index (χ2v) is 11.6. The molecule has 0 amide bonds. The maximum atomic E-state index is 11.1. The Labute approximate surface area is 238 Å². The first-order valence-electron chi connectivity index (χ1n) is 14.1. The summed E-state index contributed by atoms with van der Waals surface area (Å²) in [5.41, 5.74) is 36.4. The third-order valence-electron chi connectivity index (χ3n) is 8.42. The van der Waals surface area contributed by atoms with E-state index in [-0.39, 0.29) is 25.1 Å². The van der Waals surface area contributed by atoms with Gasteiger partial charge >= 0.3 is 0 Å². The SMILES string of the molecule is C[C@H](N)[C@@H]1CC[C@@H](N)[C@@H](O[C@@H]2C(N)C[C@@H](N)[C@H](O)[C@H]2O[C@@H]2O[C@H](CO)[C@@H](O[C@H]3O[C@@H](CN)[C@@H](O)[C@H](O)[C@H]3N)[C@H]2O)O1. The molecule has 1 aliphatic carbocycles. The van der Waals surface area contributed by atoms with Crippen molar-refractivity contribution in [3.63, 3.8) is 0 Å². The van der Waals surface area contributed by atoms with Crippen LogP contribution in [-0.4, -0.2) is 149 Å². The minimum atomic E-state index is -1.53. The zero-order chi connectivity index (χ0) is 30.2. The zero-order valence-electron chi connectivity index (χ0n) is 23.1. The molecule has 4 rings (SSSR count). The average Bonchev–Trinajstić information content (AvgIpc) is 3.23. The smallest absolute Gasteiger partial charge is 0.187 e. The maximum Gasteiger partial charge on any atom is 0.187 e. The highest BCUT2D eigenvalue weighted by molar-refractivity contribution is 5.01. The first kappa shape index (κ1) is 33.2. The Kier molecular flexibility index (Phi) is 11.3. The lowest BCUT2D eigenvalue weighted by atomic mass is 9.84. The summed E-state index contributed by atoms with van der Waals surface area (Å²) in [5, 5.41) is 52.5. The summed E-state index contributed by atoms with van der Waals surface area (Å²) in [5.74, 6) is 0. The van der Waals surface area contributed by atoms with Crippen molar-refractivity contribution >= 4 is 0 Å². The van der Waals surface area contributed by atoms with E-state index in [0.29, 0.717) is 12.8 Å². The number of aliphatic hydroxyl groups is 5. The summed E-state index contributed by atoms with van der Waals surface area (Å²) < 4.78 is 35.4. The molecule has 18 atom stereocenters. The third kappa shape index (κ3) is 7.02. The summed E-state index contributed by atoms with van der Waals surface area (Å²) in [6.07, 6.45) is -13.5. The second kappa shape index (κ2) is 14.0. The van der Waals surface area contributed by atoms with Gasteiger partial charge in [0.1, 0.15) is 48.8 Å². The lowest BCUT2D eigenvalue weighted by Gasteiger charge is -2.46. The van der Waals surface area contributed by atoms with Crippen LogP contribution in [0.5, 0.6) is 0 Å². The van der Waals surface area contributed by atoms with Gasteiger partial charge in [0.05, 0.1) is 30.9 Å². The van der Waals surface area contributed by atoms with Crippen LogP contribution in [0.3, 0.4) is 0 Å². The molecule has 4 fully saturated rings. The zero-order valence-corrected chi connectivity index (χ0v) is 23.1. The molecule has 17 nitrogen and oxygen atoms in total. The molecule has 0 radical (unpaired) electrons. The molecular formula is C24H48N6O11. The van der Waals surface area contributed by atoms with Gasteiger partial charge in [-0.25, -0.2) is 0 Å². The average molecular weight is 597 g/mol. The Balaban J connectivity index is 1.48. The van der Waals surface area contributed by atoms with Crippen LogP contribution in [0.1, 0.15) is 26.2 Å². The van der Waals surface area contributed by atoms with Crippen molar-refractivity contribution in [2.24, 2.45) is 34.4 Å². The van der Waals surface area contributed by atoms with Crippen LogP contribution >= 0.6 is 0 Å². The number of nitrogens with two attached hydrogens (primary N) is 6. The van der Waals surface area contributed by atoms with Crippen LogP contribution in [0, 0.1) is 0 Å². The van der Waals surface area contributed by atoms with Gasteiger partial charge in [0.2, 0.25) is 0 Å². The summed E-state index contributed by atoms with van der Waals surface area (Å²) in [6, 6.07) is -3.42. The van der Waals surface area contributed by atoms with Gasteiger partial charge in [0, 0.05) is 24.7 Å². The summed E-state index contributed by atoms with van der Waals surface area (Å²) in [6.45, 7) is 1.09. The minimum Gasteiger partial charge on any atom is -0.394 e. The van der Waals surface area contributed by atoms with E-state index in [1.54, 1.807) is 0 Å².